The molecular formula is C19H22N2O3. The highest BCUT2D eigenvalue weighted by molar-refractivity contribution is 5.83. The highest BCUT2D eigenvalue weighted by Gasteiger charge is 2.36. The van der Waals surface area contributed by atoms with Gasteiger partial charge in [0.2, 0.25) is 5.91 Å². The zero-order valence-corrected chi connectivity index (χ0v) is 13.7. The minimum Gasteiger partial charge on any atom is -0.374 e. The molecule has 5 nitrogen and oxygen atoms in total. The number of ether oxygens (including phenoxy) is 1. The Kier molecular flexibility index (Phi) is 4.10. The number of H-pyrrole nitrogens is 1. The average Bonchev–Trinajstić information content (AvgIpc) is 2.62. The van der Waals surface area contributed by atoms with Crippen LogP contribution in [0.1, 0.15) is 31.2 Å². The monoisotopic (exact) mass is 326 g/mol. The van der Waals surface area contributed by atoms with Crippen molar-refractivity contribution >= 4 is 16.8 Å². The van der Waals surface area contributed by atoms with E-state index in [1.165, 1.54) is 6.42 Å². The van der Waals surface area contributed by atoms with E-state index in [-0.39, 0.29) is 30.0 Å². The first-order valence-corrected chi connectivity index (χ1v) is 8.74. The van der Waals surface area contributed by atoms with Crippen molar-refractivity contribution in [3.8, 4) is 0 Å². The first kappa shape index (κ1) is 15.4. The van der Waals surface area contributed by atoms with Crippen LogP contribution in [0.2, 0.25) is 0 Å². The van der Waals surface area contributed by atoms with Crippen LogP contribution in [0.4, 0.5) is 0 Å². The van der Waals surface area contributed by atoms with E-state index in [1.54, 1.807) is 0 Å². The molecule has 1 aliphatic carbocycles. The number of carbonyl (C=O) groups is 1. The maximum atomic E-state index is 12.8. The summed E-state index contributed by atoms with van der Waals surface area (Å²) in [6.45, 7) is 1.23. The molecule has 1 N–H and O–H groups in total. The molecule has 1 aromatic carbocycles. The second kappa shape index (κ2) is 6.40. The molecule has 1 amide bonds. The van der Waals surface area contributed by atoms with Crippen molar-refractivity contribution in [1.82, 2.24) is 9.88 Å². The summed E-state index contributed by atoms with van der Waals surface area (Å²) in [5.41, 5.74) is 1.17. The molecule has 2 aliphatic rings. The molecule has 0 bridgehead atoms. The topological polar surface area (TPSA) is 62.4 Å². The lowest BCUT2D eigenvalue weighted by atomic mass is 9.90. The standard InChI is InChI=1S/C19H22N2O3/c22-18(21-9-10-24-17-8-4-3-7-16(17)21)12-14-11-13-5-1-2-6-15(13)20-19(14)23/h1-2,5-6,11,16-17H,3-4,7-10,12H2,(H,20,23)/t16-,17-/m1/s1. The van der Waals surface area contributed by atoms with Crippen LogP contribution in [0.25, 0.3) is 10.9 Å². The summed E-state index contributed by atoms with van der Waals surface area (Å²) in [5, 5.41) is 0.956. The van der Waals surface area contributed by atoms with Crippen molar-refractivity contribution in [2.45, 2.75) is 44.2 Å². The number of hydrogen-bond donors (Lipinski definition) is 1. The number of nitrogens with one attached hydrogen (secondary N) is 1. The van der Waals surface area contributed by atoms with Gasteiger partial charge in [0.05, 0.1) is 25.2 Å². The Morgan fingerprint density at radius 1 is 1.25 bits per heavy atom. The summed E-state index contributed by atoms with van der Waals surface area (Å²) < 4.78 is 5.83. The van der Waals surface area contributed by atoms with Gasteiger partial charge >= 0.3 is 0 Å². The largest absolute Gasteiger partial charge is 0.374 e. The van der Waals surface area contributed by atoms with Crippen molar-refractivity contribution < 1.29 is 9.53 Å². The smallest absolute Gasteiger partial charge is 0.252 e. The molecule has 0 spiro atoms. The number of rotatable bonds is 2. The first-order chi connectivity index (χ1) is 11.7. The van der Waals surface area contributed by atoms with Crippen LogP contribution in [-0.2, 0) is 16.0 Å². The number of hydrogen-bond acceptors (Lipinski definition) is 3. The SMILES string of the molecule is O=C(Cc1cc2ccccc2[nH]c1=O)N1CCO[C@@H]2CCCC[C@H]21. The molecule has 1 aliphatic heterocycles. The number of morpholine rings is 1. The molecule has 1 saturated heterocycles. The van der Waals surface area contributed by atoms with E-state index < -0.39 is 0 Å². The lowest BCUT2D eigenvalue weighted by molar-refractivity contribution is -0.148. The van der Waals surface area contributed by atoms with Crippen molar-refractivity contribution in [2.75, 3.05) is 13.2 Å². The molecular weight excluding hydrogens is 304 g/mol. The fourth-order valence-corrected chi connectivity index (χ4v) is 3.99. The third kappa shape index (κ3) is 2.84. The predicted molar refractivity (Wildman–Crippen MR) is 92.0 cm³/mol. The Balaban J connectivity index is 1.57. The summed E-state index contributed by atoms with van der Waals surface area (Å²) in [7, 11) is 0. The summed E-state index contributed by atoms with van der Waals surface area (Å²) in [4.78, 5) is 29.9. The second-order valence-electron chi connectivity index (χ2n) is 6.74. The molecule has 2 aromatic rings. The van der Waals surface area contributed by atoms with Gasteiger partial charge in [-0.25, -0.2) is 0 Å². The van der Waals surface area contributed by atoms with Crippen molar-refractivity contribution in [1.29, 1.82) is 0 Å². The number of aromatic amines is 1. The van der Waals surface area contributed by atoms with Crippen molar-refractivity contribution in [2.24, 2.45) is 0 Å². The number of aromatic nitrogens is 1. The molecule has 5 heteroatoms. The maximum absolute atomic E-state index is 12.8. The van der Waals surface area contributed by atoms with Crippen LogP contribution in [0.15, 0.2) is 35.1 Å². The molecule has 0 radical (unpaired) electrons. The normalized spacial score (nSPS) is 23.9. The molecule has 1 aromatic heterocycles. The minimum absolute atomic E-state index is 0.0379. The number of amides is 1. The lowest BCUT2D eigenvalue weighted by Gasteiger charge is -2.43. The van der Waals surface area contributed by atoms with E-state index in [1.807, 2.05) is 35.2 Å². The Morgan fingerprint density at radius 3 is 3.00 bits per heavy atom. The quantitative estimate of drug-likeness (QED) is 0.920. The van der Waals surface area contributed by atoms with Gasteiger partial charge in [0, 0.05) is 17.6 Å². The van der Waals surface area contributed by atoms with Crippen LogP contribution in [0.5, 0.6) is 0 Å². The van der Waals surface area contributed by atoms with Crippen LogP contribution in [-0.4, -0.2) is 41.1 Å². The van der Waals surface area contributed by atoms with E-state index in [0.29, 0.717) is 18.7 Å². The maximum Gasteiger partial charge on any atom is 0.252 e. The van der Waals surface area contributed by atoms with Gasteiger partial charge in [-0.3, -0.25) is 9.59 Å². The van der Waals surface area contributed by atoms with Crippen molar-refractivity contribution in [3.63, 3.8) is 0 Å². The highest BCUT2D eigenvalue weighted by atomic mass is 16.5. The zero-order chi connectivity index (χ0) is 16.5. The van der Waals surface area contributed by atoms with Crippen LogP contribution in [0.3, 0.4) is 0 Å². The molecule has 4 rings (SSSR count). The predicted octanol–water partition coefficient (Wildman–Crippen LogP) is 2.24. The zero-order valence-electron chi connectivity index (χ0n) is 13.7. The van der Waals surface area contributed by atoms with Crippen LogP contribution in [0, 0.1) is 0 Å². The molecule has 2 atom stereocenters. The minimum atomic E-state index is -0.171. The summed E-state index contributed by atoms with van der Waals surface area (Å²) in [6.07, 6.45) is 4.68. The lowest BCUT2D eigenvalue weighted by Crippen LogP contribution is -2.55. The van der Waals surface area contributed by atoms with Gasteiger partial charge in [-0.2, -0.15) is 0 Å². The van der Waals surface area contributed by atoms with E-state index in [0.717, 1.165) is 30.2 Å². The number of para-hydroxylation sites is 1. The fourth-order valence-electron chi connectivity index (χ4n) is 3.99. The van der Waals surface area contributed by atoms with Gasteiger partial charge in [0.1, 0.15) is 0 Å². The number of pyridine rings is 1. The molecule has 0 unspecified atom stereocenters. The third-order valence-corrected chi connectivity index (χ3v) is 5.22. The first-order valence-electron chi connectivity index (χ1n) is 8.74. The average molecular weight is 326 g/mol. The summed E-state index contributed by atoms with van der Waals surface area (Å²) in [5.74, 6) is 0.0379. The number of nitrogens with zero attached hydrogens (tertiary/aromatic N) is 1. The Labute approximate surface area is 140 Å². The Bertz CT molecular complexity index is 812. The second-order valence-corrected chi connectivity index (χ2v) is 6.74. The van der Waals surface area contributed by atoms with Gasteiger partial charge in [0.15, 0.2) is 0 Å². The van der Waals surface area contributed by atoms with E-state index in [9.17, 15) is 9.59 Å². The fraction of sp³-hybridized carbons (Fsp3) is 0.474. The van der Waals surface area contributed by atoms with Gasteiger partial charge in [-0.15, -0.1) is 0 Å². The number of benzene rings is 1. The van der Waals surface area contributed by atoms with Gasteiger partial charge in [0.25, 0.3) is 5.56 Å². The molecule has 2 fully saturated rings. The molecule has 2 heterocycles. The van der Waals surface area contributed by atoms with Crippen LogP contribution < -0.4 is 5.56 Å². The molecule has 126 valence electrons. The molecule has 1 saturated carbocycles. The highest BCUT2D eigenvalue weighted by Crippen LogP contribution is 2.28. The Morgan fingerprint density at radius 2 is 2.08 bits per heavy atom. The number of carbonyl (C=O) groups excluding carboxylic acids is 1. The molecule has 24 heavy (non-hydrogen) atoms. The van der Waals surface area contributed by atoms with E-state index in [2.05, 4.69) is 4.98 Å². The summed E-state index contributed by atoms with van der Waals surface area (Å²) in [6, 6.07) is 9.66. The Hall–Kier alpha value is -2.14. The summed E-state index contributed by atoms with van der Waals surface area (Å²) >= 11 is 0. The van der Waals surface area contributed by atoms with Gasteiger partial charge in [-0.05, 0) is 30.4 Å². The van der Waals surface area contributed by atoms with Crippen LogP contribution >= 0.6 is 0 Å². The van der Waals surface area contributed by atoms with Gasteiger partial charge < -0.3 is 14.6 Å². The number of fused-ring (bicyclic) bond motifs is 2. The van der Waals surface area contributed by atoms with Gasteiger partial charge in [-0.1, -0.05) is 31.0 Å². The van der Waals surface area contributed by atoms with Crippen molar-refractivity contribution in [3.05, 3.63) is 46.2 Å². The van der Waals surface area contributed by atoms with E-state index >= 15 is 0 Å². The third-order valence-electron chi connectivity index (χ3n) is 5.22. The van der Waals surface area contributed by atoms with E-state index in [4.69, 9.17) is 4.74 Å².